The molecule has 0 bridgehead atoms. The molecule has 0 aliphatic carbocycles. The molecular formula is C13H18ClIN2O3. The molecule has 0 saturated heterocycles. The maximum absolute atomic E-state index is 11.4. The van der Waals surface area contributed by atoms with Crippen LogP contribution in [0.1, 0.15) is 34.1 Å². The molecule has 20 heavy (non-hydrogen) atoms. The highest BCUT2D eigenvalue weighted by atomic mass is 127. The summed E-state index contributed by atoms with van der Waals surface area (Å²) in [5.74, 6) is 0.562. The number of rotatable bonds is 5. The van der Waals surface area contributed by atoms with Crippen molar-refractivity contribution in [3.8, 4) is 5.75 Å². The zero-order chi connectivity index (χ0) is 15.5. The van der Waals surface area contributed by atoms with Crippen LogP contribution in [0, 0.1) is 9.62 Å². The number of hydroxylamine groups is 2. The molecule has 1 N–H and O–H groups in total. The Morgan fingerprint density at radius 1 is 1.55 bits per heavy atom. The van der Waals surface area contributed by atoms with E-state index in [1.807, 2.05) is 50.3 Å². The van der Waals surface area contributed by atoms with Gasteiger partial charge in [0.25, 0.3) is 0 Å². The minimum absolute atomic E-state index is 0.142. The average molecular weight is 413 g/mol. The first kappa shape index (κ1) is 17.3. The minimum Gasteiger partial charge on any atom is -0.463 e. The lowest BCUT2D eigenvalue weighted by atomic mass is 9.92. The van der Waals surface area contributed by atoms with Crippen molar-refractivity contribution in [2.45, 2.75) is 39.7 Å². The fourth-order valence-electron chi connectivity index (χ4n) is 2.07. The second-order valence-corrected chi connectivity index (χ2v) is 6.96. The molecule has 0 unspecified atom stereocenters. The molecule has 0 radical (unpaired) electrons. The third-order valence-electron chi connectivity index (χ3n) is 2.60. The molecule has 5 nitrogen and oxygen atoms in total. The number of pyridine rings is 1. The highest BCUT2D eigenvalue weighted by Crippen LogP contribution is 2.29. The molecule has 0 aromatic carbocycles. The first-order chi connectivity index (χ1) is 9.13. The van der Waals surface area contributed by atoms with E-state index in [0.717, 1.165) is 5.06 Å². The maximum Gasteiger partial charge on any atom is 0.441 e. The molecule has 112 valence electrons. The van der Waals surface area contributed by atoms with Crippen LogP contribution in [-0.2, 0) is 0 Å². The van der Waals surface area contributed by atoms with E-state index in [4.69, 9.17) is 16.4 Å². The van der Waals surface area contributed by atoms with Crippen LogP contribution in [0.25, 0.3) is 0 Å². The van der Waals surface area contributed by atoms with Gasteiger partial charge >= 0.3 is 6.09 Å². The van der Waals surface area contributed by atoms with Crippen LogP contribution in [0.3, 0.4) is 0 Å². The second-order valence-electron chi connectivity index (χ2n) is 5.50. The SMILES string of the molecule is CC(C)CC(C)(C)N(Oc1ccc(I)nc1Cl)C(=O)O. The third-order valence-corrected chi connectivity index (χ3v) is 3.47. The molecule has 0 aliphatic heterocycles. The fourth-order valence-corrected chi connectivity index (χ4v) is 2.82. The van der Waals surface area contributed by atoms with Gasteiger partial charge in [-0.2, -0.15) is 0 Å². The topological polar surface area (TPSA) is 62.7 Å². The smallest absolute Gasteiger partial charge is 0.441 e. The van der Waals surface area contributed by atoms with E-state index < -0.39 is 11.6 Å². The quantitative estimate of drug-likeness (QED) is 0.441. The van der Waals surface area contributed by atoms with Gasteiger partial charge in [0.15, 0.2) is 10.9 Å². The Morgan fingerprint density at radius 2 is 2.15 bits per heavy atom. The van der Waals surface area contributed by atoms with Crippen LogP contribution >= 0.6 is 34.2 Å². The summed E-state index contributed by atoms with van der Waals surface area (Å²) in [4.78, 5) is 20.9. The predicted octanol–water partition coefficient (Wildman–Crippen LogP) is 4.44. The van der Waals surface area contributed by atoms with E-state index in [2.05, 4.69) is 4.98 Å². The van der Waals surface area contributed by atoms with Gasteiger partial charge in [-0.25, -0.2) is 9.78 Å². The van der Waals surface area contributed by atoms with Gasteiger partial charge in [-0.05, 0) is 60.9 Å². The molecule has 0 fully saturated rings. The van der Waals surface area contributed by atoms with E-state index in [9.17, 15) is 9.90 Å². The number of carbonyl (C=O) groups is 1. The summed E-state index contributed by atoms with van der Waals surface area (Å²) in [6, 6.07) is 3.32. The predicted molar refractivity (Wildman–Crippen MR) is 86.0 cm³/mol. The van der Waals surface area contributed by atoms with Gasteiger partial charge in [-0.15, -0.1) is 5.06 Å². The summed E-state index contributed by atoms with van der Waals surface area (Å²) in [5.41, 5.74) is -0.674. The van der Waals surface area contributed by atoms with Crippen LogP contribution < -0.4 is 4.84 Å². The lowest BCUT2D eigenvalue weighted by molar-refractivity contribution is -0.109. The monoisotopic (exact) mass is 412 g/mol. The zero-order valence-electron chi connectivity index (χ0n) is 11.9. The largest absolute Gasteiger partial charge is 0.463 e. The van der Waals surface area contributed by atoms with Crippen LogP contribution in [0.4, 0.5) is 4.79 Å². The summed E-state index contributed by atoms with van der Waals surface area (Å²) in [7, 11) is 0. The molecule has 0 atom stereocenters. The van der Waals surface area contributed by atoms with E-state index in [1.54, 1.807) is 12.1 Å². The minimum atomic E-state index is -1.16. The standard InChI is InChI=1S/C13H18ClIN2O3/c1-8(2)7-13(3,4)17(12(18)19)20-9-5-6-10(15)16-11(9)14/h5-6,8H,7H2,1-4H3,(H,18,19). The van der Waals surface area contributed by atoms with Crippen LogP contribution in [0.5, 0.6) is 5.75 Å². The lowest BCUT2D eigenvalue weighted by Gasteiger charge is -2.36. The number of hydrogen-bond acceptors (Lipinski definition) is 3. The maximum atomic E-state index is 11.4. The van der Waals surface area contributed by atoms with Crippen LogP contribution in [0.2, 0.25) is 5.15 Å². The number of amides is 1. The molecule has 1 rings (SSSR count). The molecule has 7 heteroatoms. The molecule has 1 heterocycles. The molecule has 0 saturated carbocycles. The van der Waals surface area contributed by atoms with E-state index in [0.29, 0.717) is 16.0 Å². The van der Waals surface area contributed by atoms with Crippen molar-refractivity contribution in [1.29, 1.82) is 0 Å². The van der Waals surface area contributed by atoms with Gasteiger partial charge in [0.2, 0.25) is 0 Å². The highest BCUT2D eigenvalue weighted by molar-refractivity contribution is 14.1. The number of nitrogens with zero attached hydrogens (tertiary/aromatic N) is 2. The van der Waals surface area contributed by atoms with Crippen molar-refractivity contribution >= 4 is 40.3 Å². The molecule has 0 spiro atoms. The van der Waals surface area contributed by atoms with E-state index in [1.165, 1.54) is 0 Å². The summed E-state index contributed by atoms with van der Waals surface area (Å²) < 4.78 is 0.711. The normalized spacial score (nSPS) is 11.6. The molecular weight excluding hydrogens is 395 g/mol. The summed E-state index contributed by atoms with van der Waals surface area (Å²) in [6.07, 6.45) is -0.500. The Bertz CT molecular complexity index is 495. The van der Waals surface area contributed by atoms with Crippen molar-refractivity contribution in [1.82, 2.24) is 10.0 Å². The summed E-state index contributed by atoms with van der Waals surface area (Å²) in [6.45, 7) is 7.69. The average Bonchev–Trinajstić information content (AvgIpc) is 2.24. The third kappa shape index (κ3) is 4.66. The van der Waals surface area contributed by atoms with Crippen molar-refractivity contribution in [3.63, 3.8) is 0 Å². The van der Waals surface area contributed by atoms with Gasteiger partial charge in [0, 0.05) is 0 Å². The van der Waals surface area contributed by atoms with Crippen LogP contribution in [-0.4, -0.2) is 26.8 Å². The number of halogens is 2. The molecule has 1 aromatic rings. The summed E-state index contributed by atoms with van der Waals surface area (Å²) in [5, 5.41) is 10.4. The van der Waals surface area contributed by atoms with Gasteiger partial charge in [-0.3, -0.25) is 0 Å². The highest BCUT2D eigenvalue weighted by Gasteiger charge is 2.34. The van der Waals surface area contributed by atoms with Crippen molar-refractivity contribution < 1.29 is 14.7 Å². The lowest BCUT2D eigenvalue weighted by Crippen LogP contribution is -2.50. The molecule has 1 aromatic heterocycles. The molecule has 0 aliphatic rings. The van der Waals surface area contributed by atoms with E-state index >= 15 is 0 Å². The number of hydrogen-bond donors (Lipinski definition) is 1. The number of carboxylic acid groups (broad SMARTS) is 1. The molecule has 1 amide bonds. The zero-order valence-corrected chi connectivity index (χ0v) is 14.8. The Morgan fingerprint density at radius 3 is 2.60 bits per heavy atom. The Balaban J connectivity index is 3.01. The van der Waals surface area contributed by atoms with Gasteiger partial charge in [0.05, 0.1) is 5.54 Å². The second kappa shape index (κ2) is 6.80. The van der Waals surface area contributed by atoms with Crippen LogP contribution in [0.15, 0.2) is 12.1 Å². The number of aromatic nitrogens is 1. The van der Waals surface area contributed by atoms with Crippen molar-refractivity contribution in [2.75, 3.05) is 0 Å². The van der Waals surface area contributed by atoms with E-state index in [-0.39, 0.29) is 10.9 Å². The Kier molecular flexibility index (Phi) is 5.88. The van der Waals surface area contributed by atoms with Crippen molar-refractivity contribution in [2.24, 2.45) is 5.92 Å². The van der Waals surface area contributed by atoms with Crippen molar-refractivity contribution in [3.05, 3.63) is 21.0 Å². The van der Waals surface area contributed by atoms with Gasteiger partial charge < -0.3 is 9.94 Å². The first-order valence-electron chi connectivity index (χ1n) is 6.16. The first-order valence-corrected chi connectivity index (χ1v) is 7.62. The summed E-state index contributed by atoms with van der Waals surface area (Å²) >= 11 is 7.99. The fraction of sp³-hybridized carbons (Fsp3) is 0.538. The van der Waals surface area contributed by atoms with Gasteiger partial charge in [-0.1, -0.05) is 25.4 Å². The van der Waals surface area contributed by atoms with Gasteiger partial charge in [0.1, 0.15) is 3.70 Å². The Labute approximate surface area is 137 Å². The Hall–Kier alpha value is -0.760.